The maximum absolute atomic E-state index is 9.72. The fourth-order valence-corrected chi connectivity index (χ4v) is 5.76. The molecule has 0 aromatic carbocycles. The molecule has 0 saturated carbocycles. The number of hydrogen-bond donors (Lipinski definition) is 1. The molecular weight excluding hydrogens is 167 g/mol. The monoisotopic (exact) mass is 184 g/mol. The third kappa shape index (κ3) is 2.00. The molecule has 0 radical (unpaired) electrons. The van der Waals surface area contributed by atoms with Gasteiger partial charge in [-0.2, -0.15) is 0 Å². The van der Waals surface area contributed by atoms with Gasteiger partial charge >= 0.3 is 63.0 Å². The molecule has 0 spiro atoms. The van der Waals surface area contributed by atoms with Gasteiger partial charge in [-0.25, -0.2) is 0 Å². The summed E-state index contributed by atoms with van der Waals surface area (Å²) in [6, 6.07) is 0. The fraction of sp³-hybridized carbons (Fsp3) is 1.00. The van der Waals surface area contributed by atoms with Gasteiger partial charge in [0.05, 0.1) is 0 Å². The minimum atomic E-state index is -2.76. The summed E-state index contributed by atoms with van der Waals surface area (Å²) in [5.74, 6) is 0. The van der Waals surface area contributed by atoms with E-state index >= 15 is 0 Å². The Labute approximate surface area is 63.8 Å². The molecule has 5 heteroatoms. The Hall–Kier alpha value is 0.527. The standard InChI is InChI=1S/C5H17O3PSi/c1-7-9(6,8-2)10(3,4)5/h6,9H,1-5H3. The van der Waals surface area contributed by atoms with Crippen LogP contribution in [-0.4, -0.2) is 26.9 Å². The summed E-state index contributed by atoms with van der Waals surface area (Å²) in [4.78, 5) is 9.72. The SMILES string of the molecule is CO[PH](O)(OC)[Si](C)(C)C. The van der Waals surface area contributed by atoms with E-state index in [1.165, 1.54) is 14.2 Å². The van der Waals surface area contributed by atoms with Gasteiger partial charge in [-0.05, 0) is 0 Å². The van der Waals surface area contributed by atoms with Crippen LogP contribution in [0, 0.1) is 0 Å². The summed E-state index contributed by atoms with van der Waals surface area (Å²) < 4.78 is 9.97. The predicted octanol–water partition coefficient (Wildman–Crippen LogP) is 1.60. The number of rotatable bonds is 3. The van der Waals surface area contributed by atoms with Gasteiger partial charge in [0.2, 0.25) is 0 Å². The molecule has 64 valence electrons. The Bertz CT molecular complexity index is 108. The molecule has 0 unspecified atom stereocenters. The topological polar surface area (TPSA) is 38.7 Å². The van der Waals surface area contributed by atoms with Crippen LogP contribution in [0.2, 0.25) is 19.6 Å². The van der Waals surface area contributed by atoms with Crippen molar-refractivity contribution in [2.75, 3.05) is 14.2 Å². The zero-order chi connectivity index (χ0) is 8.41. The second kappa shape index (κ2) is 3.28. The van der Waals surface area contributed by atoms with Crippen LogP contribution in [-0.2, 0) is 9.05 Å². The van der Waals surface area contributed by atoms with E-state index in [1.807, 2.05) is 19.6 Å². The van der Waals surface area contributed by atoms with Crippen LogP contribution in [0.3, 0.4) is 0 Å². The Kier molecular flexibility index (Phi) is 3.46. The summed E-state index contributed by atoms with van der Waals surface area (Å²) in [5, 5.41) is 0. The molecule has 0 fully saturated rings. The summed E-state index contributed by atoms with van der Waals surface area (Å²) in [5.41, 5.74) is 0. The van der Waals surface area contributed by atoms with Gasteiger partial charge in [0.25, 0.3) is 0 Å². The van der Waals surface area contributed by atoms with Crippen LogP contribution in [0.1, 0.15) is 0 Å². The molecule has 3 nitrogen and oxygen atoms in total. The van der Waals surface area contributed by atoms with E-state index in [1.54, 1.807) is 0 Å². The minimum absolute atomic E-state index is 1.51. The van der Waals surface area contributed by atoms with Crippen molar-refractivity contribution >= 4 is 15.2 Å². The summed E-state index contributed by atoms with van der Waals surface area (Å²) in [6.07, 6.45) is 0. The third-order valence-corrected chi connectivity index (χ3v) is 11.4. The first kappa shape index (κ1) is 10.5. The molecule has 10 heavy (non-hydrogen) atoms. The summed E-state index contributed by atoms with van der Waals surface area (Å²) in [7, 11) is -1.41. The van der Waals surface area contributed by atoms with Crippen molar-refractivity contribution in [1.82, 2.24) is 0 Å². The summed E-state index contributed by atoms with van der Waals surface area (Å²) >= 11 is 0. The molecule has 0 aliphatic rings. The first-order valence-corrected chi connectivity index (χ1v) is 9.46. The van der Waals surface area contributed by atoms with Crippen molar-refractivity contribution in [3.8, 4) is 0 Å². The average molecular weight is 184 g/mol. The molecule has 0 amide bonds. The van der Waals surface area contributed by atoms with Crippen molar-refractivity contribution in [1.29, 1.82) is 0 Å². The van der Waals surface area contributed by atoms with E-state index in [0.717, 1.165) is 0 Å². The molecule has 1 N–H and O–H groups in total. The van der Waals surface area contributed by atoms with Crippen LogP contribution in [0.4, 0.5) is 0 Å². The molecule has 0 bridgehead atoms. The van der Waals surface area contributed by atoms with Crippen molar-refractivity contribution < 1.29 is 13.9 Å². The van der Waals surface area contributed by atoms with Gasteiger partial charge in [0, 0.05) is 0 Å². The van der Waals surface area contributed by atoms with Gasteiger partial charge < -0.3 is 0 Å². The van der Waals surface area contributed by atoms with Crippen LogP contribution in [0.15, 0.2) is 0 Å². The van der Waals surface area contributed by atoms with E-state index in [0.29, 0.717) is 0 Å². The van der Waals surface area contributed by atoms with Crippen LogP contribution in [0.5, 0.6) is 0 Å². The molecule has 0 rings (SSSR count). The molecule has 0 aliphatic heterocycles. The average Bonchev–Trinajstić information content (AvgIpc) is 1.84. The van der Waals surface area contributed by atoms with Gasteiger partial charge in [0.15, 0.2) is 0 Å². The van der Waals surface area contributed by atoms with Crippen LogP contribution < -0.4 is 0 Å². The molecule has 0 atom stereocenters. The normalized spacial score (nSPS) is 15.4. The maximum atomic E-state index is 9.72. The quantitative estimate of drug-likeness (QED) is 0.535. The molecule has 0 heterocycles. The van der Waals surface area contributed by atoms with Crippen LogP contribution >= 0.6 is 7.49 Å². The second-order valence-electron chi connectivity index (χ2n) is 3.24. The van der Waals surface area contributed by atoms with E-state index in [-0.39, 0.29) is 0 Å². The Balaban J connectivity index is 4.33. The van der Waals surface area contributed by atoms with Gasteiger partial charge in [-0.15, -0.1) is 0 Å². The molecule has 0 saturated heterocycles. The van der Waals surface area contributed by atoms with E-state index in [4.69, 9.17) is 9.05 Å². The van der Waals surface area contributed by atoms with Crippen LogP contribution in [0.25, 0.3) is 0 Å². The first-order chi connectivity index (χ1) is 4.37. The van der Waals surface area contributed by atoms with E-state index in [9.17, 15) is 4.89 Å². The van der Waals surface area contributed by atoms with Gasteiger partial charge in [-0.3, -0.25) is 0 Å². The zero-order valence-corrected chi connectivity index (χ0v) is 9.26. The van der Waals surface area contributed by atoms with E-state index in [2.05, 4.69) is 0 Å². The zero-order valence-electron chi connectivity index (χ0n) is 7.26. The fourth-order valence-electron chi connectivity index (χ4n) is 0.696. The van der Waals surface area contributed by atoms with Gasteiger partial charge in [0.1, 0.15) is 0 Å². The third-order valence-electron chi connectivity index (χ3n) is 1.50. The Morgan fingerprint density at radius 2 is 1.40 bits per heavy atom. The van der Waals surface area contributed by atoms with Gasteiger partial charge in [-0.1, -0.05) is 0 Å². The molecular formula is C5H17O3PSi. The predicted molar refractivity (Wildman–Crippen MR) is 47.9 cm³/mol. The second-order valence-corrected chi connectivity index (χ2v) is 16.1. The first-order valence-electron chi connectivity index (χ1n) is 3.20. The Morgan fingerprint density at radius 1 is 1.10 bits per heavy atom. The Morgan fingerprint density at radius 3 is 1.40 bits per heavy atom. The molecule has 0 aliphatic carbocycles. The van der Waals surface area contributed by atoms with Crippen molar-refractivity contribution in [2.24, 2.45) is 0 Å². The van der Waals surface area contributed by atoms with E-state index < -0.39 is 15.2 Å². The van der Waals surface area contributed by atoms with Crippen molar-refractivity contribution in [2.45, 2.75) is 19.6 Å². The molecule has 0 aromatic rings. The molecule has 0 aromatic heterocycles. The summed E-state index contributed by atoms with van der Waals surface area (Å²) in [6.45, 7) is 6.10. The van der Waals surface area contributed by atoms with Crippen molar-refractivity contribution in [3.63, 3.8) is 0 Å². The van der Waals surface area contributed by atoms with Crippen molar-refractivity contribution in [3.05, 3.63) is 0 Å². The number of hydrogen-bond acceptors (Lipinski definition) is 3.